The Morgan fingerprint density at radius 2 is 2.26 bits per heavy atom. The second-order valence-electron chi connectivity index (χ2n) is 4.31. The summed E-state index contributed by atoms with van der Waals surface area (Å²) in [5.41, 5.74) is 1.12. The number of aromatic nitrogens is 1. The zero-order valence-electron chi connectivity index (χ0n) is 10.8. The van der Waals surface area contributed by atoms with Crippen LogP contribution in [0.4, 0.5) is 0 Å². The first kappa shape index (κ1) is 14.0. The molecular formula is C14H18N2O2S. The number of H-pyrrole nitrogens is 1. The quantitative estimate of drug-likeness (QED) is 0.681. The van der Waals surface area contributed by atoms with Crippen LogP contribution >= 0.6 is 11.8 Å². The lowest BCUT2D eigenvalue weighted by Crippen LogP contribution is -2.36. The molecule has 1 aromatic heterocycles. The second-order valence-corrected chi connectivity index (χ2v) is 5.44. The highest BCUT2D eigenvalue weighted by Crippen LogP contribution is 2.23. The van der Waals surface area contributed by atoms with Crippen LogP contribution in [-0.2, 0) is 4.79 Å². The molecule has 19 heavy (non-hydrogen) atoms. The number of carboxylic acids is 1. The normalized spacial score (nSPS) is 12.7. The third-order valence-electron chi connectivity index (χ3n) is 2.92. The fourth-order valence-electron chi connectivity index (χ4n) is 1.97. The Labute approximate surface area is 116 Å². The summed E-state index contributed by atoms with van der Waals surface area (Å²) in [6.45, 7) is 2.59. The molecule has 2 aromatic rings. The third-order valence-corrected chi connectivity index (χ3v) is 3.89. The zero-order chi connectivity index (χ0) is 13.7. The SMILES string of the molecule is CCNC(CCSc1cc2ccccc2[nH]1)C(=O)O. The van der Waals surface area contributed by atoms with Crippen LogP contribution < -0.4 is 5.32 Å². The number of carboxylic acid groups (broad SMARTS) is 1. The van der Waals surface area contributed by atoms with Gasteiger partial charge in [-0.25, -0.2) is 0 Å². The first-order valence-corrected chi connectivity index (χ1v) is 7.36. The van der Waals surface area contributed by atoms with Gasteiger partial charge in [-0.2, -0.15) is 0 Å². The van der Waals surface area contributed by atoms with E-state index < -0.39 is 12.0 Å². The highest BCUT2D eigenvalue weighted by molar-refractivity contribution is 7.99. The molecule has 5 heteroatoms. The topological polar surface area (TPSA) is 65.1 Å². The van der Waals surface area contributed by atoms with E-state index in [-0.39, 0.29) is 0 Å². The van der Waals surface area contributed by atoms with Gasteiger partial charge in [-0.1, -0.05) is 25.1 Å². The molecule has 2 rings (SSSR count). The molecule has 0 bridgehead atoms. The Hall–Kier alpha value is -1.46. The smallest absolute Gasteiger partial charge is 0.320 e. The summed E-state index contributed by atoms with van der Waals surface area (Å²) in [6, 6.07) is 9.76. The van der Waals surface area contributed by atoms with Gasteiger partial charge in [-0.15, -0.1) is 11.8 Å². The van der Waals surface area contributed by atoms with Gasteiger partial charge in [-0.05, 0) is 25.1 Å². The molecule has 0 saturated carbocycles. The van der Waals surface area contributed by atoms with Crippen LogP contribution in [0.25, 0.3) is 10.9 Å². The van der Waals surface area contributed by atoms with Crippen LogP contribution in [0.15, 0.2) is 35.4 Å². The van der Waals surface area contributed by atoms with Crippen LogP contribution in [0.2, 0.25) is 0 Å². The maximum absolute atomic E-state index is 11.0. The molecule has 1 unspecified atom stereocenters. The van der Waals surface area contributed by atoms with E-state index in [1.165, 1.54) is 5.39 Å². The highest BCUT2D eigenvalue weighted by Gasteiger charge is 2.15. The molecule has 0 fully saturated rings. The average molecular weight is 278 g/mol. The lowest BCUT2D eigenvalue weighted by Gasteiger charge is -2.11. The lowest BCUT2D eigenvalue weighted by molar-refractivity contribution is -0.139. The predicted octanol–water partition coefficient (Wildman–Crippen LogP) is 2.71. The average Bonchev–Trinajstić information content (AvgIpc) is 2.80. The fourth-order valence-corrected chi connectivity index (χ4v) is 2.94. The monoisotopic (exact) mass is 278 g/mol. The summed E-state index contributed by atoms with van der Waals surface area (Å²) in [5.74, 6) is -0.00402. The van der Waals surface area contributed by atoms with E-state index >= 15 is 0 Å². The van der Waals surface area contributed by atoms with Gasteiger partial charge < -0.3 is 15.4 Å². The number of benzene rings is 1. The van der Waals surface area contributed by atoms with Crippen molar-refractivity contribution in [2.45, 2.75) is 24.4 Å². The molecule has 0 spiro atoms. The van der Waals surface area contributed by atoms with Crippen molar-refractivity contribution >= 4 is 28.6 Å². The van der Waals surface area contributed by atoms with Crippen molar-refractivity contribution in [3.63, 3.8) is 0 Å². The number of rotatable bonds is 7. The van der Waals surface area contributed by atoms with E-state index in [9.17, 15) is 4.79 Å². The van der Waals surface area contributed by atoms with Crippen LogP contribution in [0.3, 0.4) is 0 Å². The molecule has 0 aliphatic rings. The van der Waals surface area contributed by atoms with Gasteiger partial charge in [0, 0.05) is 16.7 Å². The van der Waals surface area contributed by atoms with Gasteiger partial charge in [0.25, 0.3) is 0 Å². The minimum absolute atomic E-state index is 0.457. The number of nitrogens with one attached hydrogen (secondary N) is 2. The fraction of sp³-hybridized carbons (Fsp3) is 0.357. The predicted molar refractivity (Wildman–Crippen MR) is 78.7 cm³/mol. The number of aliphatic carboxylic acids is 1. The van der Waals surface area contributed by atoms with E-state index in [0.717, 1.165) is 16.3 Å². The third kappa shape index (κ3) is 3.75. The van der Waals surface area contributed by atoms with Crippen LogP contribution in [0.1, 0.15) is 13.3 Å². The van der Waals surface area contributed by atoms with Crippen LogP contribution in [0, 0.1) is 0 Å². The van der Waals surface area contributed by atoms with Crippen molar-refractivity contribution in [2.24, 2.45) is 0 Å². The maximum Gasteiger partial charge on any atom is 0.320 e. The molecule has 0 saturated heterocycles. The van der Waals surface area contributed by atoms with Gasteiger partial charge in [0.05, 0.1) is 5.03 Å². The van der Waals surface area contributed by atoms with Crippen molar-refractivity contribution in [1.82, 2.24) is 10.3 Å². The Bertz CT molecular complexity index is 520. The number of hydrogen-bond acceptors (Lipinski definition) is 3. The summed E-state index contributed by atoms with van der Waals surface area (Å²) < 4.78 is 0. The van der Waals surface area contributed by atoms with Gasteiger partial charge >= 0.3 is 5.97 Å². The molecule has 102 valence electrons. The molecular weight excluding hydrogens is 260 g/mol. The Balaban J connectivity index is 1.89. The minimum Gasteiger partial charge on any atom is -0.480 e. The molecule has 3 N–H and O–H groups in total. The zero-order valence-corrected chi connectivity index (χ0v) is 11.7. The van der Waals surface area contributed by atoms with Gasteiger partial charge in [0.2, 0.25) is 0 Å². The molecule has 1 heterocycles. The van der Waals surface area contributed by atoms with Gasteiger partial charge in [0.15, 0.2) is 0 Å². The Kier molecular flexibility index (Phi) is 4.87. The van der Waals surface area contributed by atoms with Crippen molar-refractivity contribution in [1.29, 1.82) is 0 Å². The minimum atomic E-state index is -0.779. The van der Waals surface area contributed by atoms with Crippen molar-refractivity contribution in [3.05, 3.63) is 30.3 Å². The van der Waals surface area contributed by atoms with Crippen molar-refractivity contribution in [2.75, 3.05) is 12.3 Å². The Morgan fingerprint density at radius 1 is 1.47 bits per heavy atom. The largest absolute Gasteiger partial charge is 0.480 e. The Morgan fingerprint density at radius 3 is 2.95 bits per heavy atom. The number of aromatic amines is 1. The summed E-state index contributed by atoms with van der Waals surface area (Å²) in [5, 5.41) is 14.3. The lowest BCUT2D eigenvalue weighted by atomic mass is 10.2. The van der Waals surface area contributed by atoms with Crippen LogP contribution in [-0.4, -0.2) is 34.4 Å². The van der Waals surface area contributed by atoms with Crippen molar-refractivity contribution < 1.29 is 9.90 Å². The number of para-hydroxylation sites is 1. The molecule has 1 aromatic carbocycles. The summed E-state index contributed by atoms with van der Waals surface area (Å²) >= 11 is 1.66. The van der Waals surface area contributed by atoms with E-state index in [0.29, 0.717) is 13.0 Å². The van der Waals surface area contributed by atoms with Gasteiger partial charge in [-0.3, -0.25) is 4.79 Å². The summed E-state index contributed by atoms with van der Waals surface area (Å²) in [4.78, 5) is 14.3. The summed E-state index contributed by atoms with van der Waals surface area (Å²) in [6.07, 6.45) is 0.614. The second kappa shape index (κ2) is 6.63. The number of carbonyl (C=O) groups is 1. The van der Waals surface area contributed by atoms with Gasteiger partial charge in [0.1, 0.15) is 6.04 Å². The van der Waals surface area contributed by atoms with E-state index in [4.69, 9.17) is 5.11 Å². The molecule has 0 aliphatic carbocycles. The molecule has 4 nitrogen and oxygen atoms in total. The van der Waals surface area contributed by atoms with Crippen molar-refractivity contribution in [3.8, 4) is 0 Å². The molecule has 1 atom stereocenters. The molecule has 0 amide bonds. The maximum atomic E-state index is 11.0. The number of fused-ring (bicyclic) bond motifs is 1. The number of thioether (sulfide) groups is 1. The standard InChI is InChI=1S/C14H18N2O2S/c1-2-15-12(14(17)18)7-8-19-13-9-10-5-3-4-6-11(10)16-13/h3-6,9,12,15-16H,2,7-8H2,1H3,(H,17,18). The van der Waals surface area contributed by atoms with E-state index in [1.807, 2.05) is 25.1 Å². The highest BCUT2D eigenvalue weighted by atomic mass is 32.2. The number of hydrogen-bond donors (Lipinski definition) is 3. The summed E-state index contributed by atoms with van der Waals surface area (Å²) in [7, 11) is 0. The number of likely N-dealkylation sites (N-methyl/N-ethyl adjacent to an activating group) is 1. The first-order chi connectivity index (χ1) is 9.20. The van der Waals surface area contributed by atoms with Crippen LogP contribution in [0.5, 0.6) is 0 Å². The van der Waals surface area contributed by atoms with E-state index in [1.54, 1.807) is 11.8 Å². The molecule has 0 radical (unpaired) electrons. The molecule has 0 aliphatic heterocycles. The first-order valence-electron chi connectivity index (χ1n) is 6.37. The van der Waals surface area contributed by atoms with E-state index in [2.05, 4.69) is 22.4 Å².